The van der Waals surface area contributed by atoms with Gasteiger partial charge in [0.05, 0.1) is 17.4 Å². The number of halogens is 4. The molecule has 4 nitrogen and oxygen atoms in total. The molecule has 0 aliphatic heterocycles. The van der Waals surface area contributed by atoms with E-state index in [0.717, 1.165) is 23.0 Å². The van der Waals surface area contributed by atoms with Crippen molar-refractivity contribution in [3.63, 3.8) is 0 Å². The first kappa shape index (κ1) is 25.9. The number of aromatic nitrogens is 2. The highest BCUT2D eigenvalue weighted by atomic mass is 19.4. The van der Waals surface area contributed by atoms with E-state index in [1.165, 1.54) is 23.3 Å². The van der Waals surface area contributed by atoms with Gasteiger partial charge in [-0.3, -0.25) is 4.79 Å². The SMILES string of the molecule is CC(C)CNC(=O)CC(F)(F)F.Fc1ccc(-n2ncc3cc(Cc4ccccc4)ccc32)cc1. The molecule has 0 spiro atoms. The summed E-state index contributed by atoms with van der Waals surface area (Å²) in [5.41, 5.74) is 4.42. The lowest BCUT2D eigenvalue weighted by molar-refractivity contribution is -0.153. The van der Waals surface area contributed by atoms with Crippen molar-refractivity contribution in [1.82, 2.24) is 15.1 Å². The van der Waals surface area contributed by atoms with Crippen molar-refractivity contribution in [2.75, 3.05) is 6.54 Å². The van der Waals surface area contributed by atoms with Crippen LogP contribution in [0.15, 0.2) is 79.0 Å². The topological polar surface area (TPSA) is 46.9 Å². The van der Waals surface area contributed by atoms with Gasteiger partial charge in [-0.2, -0.15) is 18.3 Å². The minimum atomic E-state index is -4.40. The van der Waals surface area contributed by atoms with Gasteiger partial charge in [0.15, 0.2) is 0 Å². The van der Waals surface area contributed by atoms with Gasteiger partial charge in [-0.25, -0.2) is 9.07 Å². The molecule has 0 aliphatic carbocycles. The van der Waals surface area contributed by atoms with E-state index in [-0.39, 0.29) is 18.3 Å². The predicted molar refractivity (Wildman–Crippen MR) is 129 cm³/mol. The molecule has 0 saturated carbocycles. The van der Waals surface area contributed by atoms with E-state index in [0.29, 0.717) is 0 Å². The summed E-state index contributed by atoms with van der Waals surface area (Å²) in [5, 5.41) is 7.70. The predicted octanol–water partition coefficient (Wildman–Crippen LogP) is 6.47. The van der Waals surface area contributed by atoms with Crippen LogP contribution in [0.1, 0.15) is 31.4 Å². The molecule has 3 aromatic carbocycles. The summed E-state index contributed by atoms with van der Waals surface area (Å²) in [5.74, 6) is -1.03. The minimum Gasteiger partial charge on any atom is -0.356 e. The Bertz CT molecular complexity index is 1230. The third kappa shape index (κ3) is 8.24. The van der Waals surface area contributed by atoms with Gasteiger partial charge in [0.2, 0.25) is 5.91 Å². The Balaban J connectivity index is 0.000000245. The molecule has 1 amide bonds. The first-order valence-corrected chi connectivity index (χ1v) is 11.2. The van der Waals surface area contributed by atoms with Crippen LogP contribution in [0.2, 0.25) is 0 Å². The summed E-state index contributed by atoms with van der Waals surface area (Å²) in [6, 6.07) is 23.1. The molecule has 4 aromatic rings. The van der Waals surface area contributed by atoms with Gasteiger partial charge in [-0.1, -0.05) is 50.2 Å². The van der Waals surface area contributed by atoms with Crippen LogP contribution < -0.4 is 5.32 Å². The van der Waals surface area contributed by atoms with Gasteiger partial charge < -0.3 is 5.32 Å². The second-order valence-electron chi connectivity index (χ2n) is 8.58. The molecule has 8 heteroatoms. The number of carbonyl (C=O) groups is 1. The summed E-state index contributed by atoms with van der Waals surface area (Å²) >= 11 is 0. The van der Waals surface area contributed by atoms with Crippen molar-refractivity contribution in [3.05, 3.63) is 95.9 Å². The summed E-state index contributed by atoms with van der Waals surface area (Å²) < 4.78 is 49.6. The number of carbonyl (C=O) groups excluding carboxylic acids is 1. The largest absolute Gasteiger partial charge is 0.397 e. The second kappa shape index (κ2) is 11.6. The van der Waals surface area contributed by atoms with E-state index >= 15 is 0 Å². The number of fused-ring (bicyclic) bond motifs is 1. The zero-order chi connectivity index (χ0) is 25.4. The summed E-state index contributed by atoms with van der Waals surface area (Å²) in [6.45, 7) is 3.91. The molecule has 0 atom stereocenters. The fourth-order valence-electron chi connectivity index (χ4n) is 3.37. The molecule has 0 radical (unpaired) electrons. The summed E-state index contributed by atoms with van der Waals surface area (Å²) in [6.07, 6.45) is -3.04. The number of hydrogen-bond acceptors (Lipinski definition) is 2. The third-order valence-electron chi connectivity index (χ3n) is 5.02. The third-order valence-corrected chi connectivity index (χ3v) is 5.02. The fourth-order valence-corrected chi connectivity index (χ4v) is 3.37. The Kier molecular flexibility index (Phi) is 8.63. The van der Waals surface area contributed by atoms with Crippen molar-refractivity contribution >= 4 is 16.8 Å². The van der Waals surface area contributed by atoms with E-state index in [2.05, 4.69) is 52.9 Å². The molecule has 1 aromatic heterocycles. The van der Waals surface area contributed by atoms with E-state index in [4.69, 9.17) is 0 Å². The minimum absolute atomic E-state index is 0.169. The van der Waals surface area contributed by atoms with Gasteiger partial charge in [0.1, 0.15) is 12.2 Å². The van der Waals surface area contributed by atoms with Crippen LogP contribution in [-0.2, 0) is 11.2 Å². The Morgan fingerprint density at radius 3 is 2.29 bits per heavy atom. The summed E-state index contributed by atoms with van der Waals surface area (Å²) in [4.78, 5) is 10.5. The number of nitrogens with one attached hydrogen (secondary N) is 1. The second-order valence-corrected chi connectivity index (χ2v) is 8.58. The van der Waals surface area contributed by atoms with Crippen molar-refractivity contribution < 1.29 is 22.4 Å². The number of nitrogens with zero attached hydrogens (tertiary/aromatic N) is 2. The highest BCUT2D eigenvalue weighted by Crippen LogP contribution is 2.21. The Labute approximate surface area is 201 Å². The number of benzene rings is 3. The maximum absolute atomic E-state index is 13.1. The molecular formula is C27H27F4N3O. The van der Waals surface area contributed by atoms with Gasteiger partial charge in [-0.15, -0.1) is 0 Å². The van der Waals surface area contributed by atoms with E-state index in [1.807, 2.05) is 30.8 Å². The molecule has 0 saturated heterocycles. The molecule has 0 unspecified atom stereocenters. The highest BCUT2D eigenvalue weighted by Gasteiger charge is 2.30. The van der Waals surface area contributed by atoms with Crippen molar-refractivity contribution in [3.8, 4) is 5.69 Å². The van der Waals surface area contributed by atoms with Gasteiger partial charge in [0.25, 0.3) is 0 Å². The number of amides is 1. The fraction of sp³-hybridized carbons (Fsp3) is 0.259. The molecule has 0 bridgehead atoms. The van der Waals surface area contributed by atoms with Gasteiger partial charge in [0, 0.05) is 11.9 Å². The van der Waals surface area contributed by atoms with Crippen LogP contribution in [0.4, 0.5) is 17.6 Å². The summed E-state index contributed by atoms with van der Waals surface area (Å²) in [7, 11) is 0. The maximum atomic E-state index is 13.1. The molecule has 35 heavy (non-hydrogen) atoms. The van der Waals surface area contributed by atoms with Crippen molar-refractivity contribution in [2.24, 2.45) is 5.92 Å². The average Bonchev–Trinajstić information content (AvgIpc) is 3.21. The Hall–Kier alpha value is -3.68. The Morgan fingerprint density at radius 1 is 0.971 bits per heavy atom. The highest BCUT2D eigenvalue weighted by molar-refractivity contribution is 5.81. The van der Waals surface area contributed by atoms with Crippen molar-refractivity contribution in [2.45, 2.75) is 32.9 Å². The standard InChI is InChI=1S/C20H15FN2.C7H12F3NO/c21-18-7-9-19(10-8-18)23-20-11-6-16(13-17(20)14-22-23)12-15-4-2-1-3-5-15;1-5(2)4-11-6(12)3-7(8,9)10/h1-11,13-14H,12H2;5H,3-4H2,1-2H3,(H,11,12). The molecule has 184 valence electrons. The first-order chi connectivity index (χ1) is 16.6. The molecular weight excluding hydrogens is 458 g/mol. The average molecular weight is 486 g/mol. The molecule has 4 rings (SSSR count). The van der Waals surface area contributed by atoms with E-state index < -0.39 is 18.5 Å². The lowest BCUT2D eigenvalue weighted by atomic mass is 10.0. The molecule has 1 N–H and O–H groups in total. The molecule has 0 fully saturated rings. The van der Waals surface area contributed by atoms with Crippen LogP contribution in [-0.4, -0.2) is 28.4 Å². The van der Waals surface area contributed by atoms with E-state index in [1.54, 1.807) is 12.1 Å². The first-order valence-electron chi connectivity index (χ1n) is 11.2. The lowest BCUT2D eigenvalue weighted by Gasteiger charge is -2.08. The number of hydrogen-bond donors (Lipinski definition) is 1. The normalized spacial score (nSPS) is 11.3. The zero-order valence-electron chi connectivity index (χ0n) is 19.5. The van der Waals surface area contributed by atoms with Crippen LogP contribution >= 0.6 is 0 Å². The van der Waals surface area contributed by atoms with E-state index in [9.17, 15) is 22.4 Å². The lowest BCUT2D eigenvalue weighted by Crippen LogP contribution is -2.31. The van der Waals surface area contributed by atoms with Crippen LogP contribution in [0.5, 0.6) is 0 Å². The molecule has 1 heterocycles. The Morgan fingerprint density at radius 2 is 1.66 bits per heavy atom. The van der Waals surface area contributed by atoms with Crippen LogP contribution in [0, 0.1) is 11.7 Å². The van der Waals surface area contributed by atoms with Gasteiger partial charge >= 0.3 is 6.18 Å². The monoisotopic (exact) mass is 485 g/mol. The van der Waals surface area contributed by atoms with Crippen molar-refractivity contribution in [1.29, 1.82) is 0 Å². The smallest absolute Gasteiger partial charge is 0.356 e. The maximum Gasteiger partial charge on any atom is 0.397 e. The quantitative estimate of drug-likeness (QED) is 0.318. The number of rotatable bonds is 6. The van der Waals surface area contributed by atoms with Crippen LogP contribution in [0.3, 0.4) is 0 Å². The van der Waals surface area contributed by atoms with Gasteiger partial charge in [-0.05, 0) is 59.9 Å². The van der Waals surface area contributed by atoms with Crippen LogP contribution in [0.25, 0.3) is 16.6 Å². The number of alkyl halides is 3. The molecule has 0 aliphatic rings. The zero-order valence-corrected chi connectivity index (χ0v) is 19.5.